The van der Waals surface area contributed by atoms with Crippen molar-refractivity contribution in [3.63, 3.8) is 0 Å². The molecule has 3 aromatic carbocycles. The molecule has 1 aromatic heterocycles. The van der Waals surface area contributed by atoms with Crippen LogP contribution in [0.15, 0.2) is 59.5 Å². The van der Waals surface area contributed by atoms with Crippen LogP contribution in [0, 0.1) is 13.8 Å². The first kappa shape index (κ1) is 24.9. The highest BCUT2D eigenvalue weighted by molar-refractivity contribution is 6.10. The van der Waals surface area contributed by atoms with Crippen molar-refractivity contribution in [3.05, 3.63) is 92.8 Å². The Morgan fingerprint density at radius 1 is 0.921 bits per heavy atom. The van der Waals surface area contributed by atoms with Crippen molar-refractivity contribution in [2.75, 3.05) is 21.0 Å². The molecule has 0 spiro atoms. The third kappa shape index (κ3) is 4.21. The van der Waals surface area contributed by atoms with Crippen molar-refractivity contribution in [2.45, 2.75) is 19.9 Å². The molecule has 1 atom stereocenters. The van der Waals surface area contributed by atoms with E-state index in [0.717, 1.165) is 11.1 Å². The number of hydrogen-bond donors (Lipinski definition) is 1. The first-order chi connectivity index (χ1) is 18.2. The van der Waals surface area contributed by atoms with Crippen LogP contribution in [-0.2, 0) is 4.79 Å². The van der Waals surface area contributed by atoms with Crippen LogP contribution in [0.3, 0.4) is 0 Å². The Morgan fingerprint density at radius 3 is 2.18 bits per heavy atom. The second kappa shape index (κ2) is 9.59. The average Bonchev–Trinajstić information content (AvgIpc) is 3.37. The lowest BCUT2D eigenvalue weighted by molar-refractivity contribution is -0.120. The number of nitrogens with two attached hydrogens (primary N) is 1. The molecular formula is C29H26N2O7. The van der Waals surface area contributed by atoms with Crippen molar-refractivity contribution in [1.29, 1.82) is 0 Å². The zero-order valence-electron chi connectivity index (χ0n) is 21.4. The van der Waals surface area contributed by atoms with E-state index in [4.69, 9.17) is 24.7 Å². The van der Waals surface area contributed by atoms with Crippen molar-refractivity contribution in [3.8, 4) is 23.0 Å². The number of hydrogen-bond acceptors (Lipinski definition) is 7. The fourth-order valence-corrected chi connectivity index (χ4v) is 4.60. The molecule has 0 bridgehead atoms. The summed E-state index contributed by atoms with van der Waals surface area (Å²) in [5, 5.41) is 0.185. The van der Waals surface area contributed by atoms with Crippen LogP contribution < -0.4 is 30.1 Å². The van der Waals surface area contributed by atoms with Crippen LogP contribution in [0.1, 0.15) is 38.7 Å². The first-order valence-electron chi connectivity index (χ1n) is 11.8. The topological polar surface area (TPSA) is 119 Å². The number of primary amides is 1. The molecule has 194 valence electrons. The summed E-state index contributed by atoms with van der Waals surface area (Å²) in [6.45, 7) is 3.82. The smallest absolute Gasteiger partial charge is 0.245 e. The number of nitrogens with zero attached hydrogens (tertiary/aromatic N) is 1. The highest BCUT2D eigenvalue weighted by Crippen LogP contribution is 2.37. The number of carbonyl (C=O) groups excluding carboxylic acids is 2. The summed E-state index contributed by atoms with van der Waals surface area (Å²) >= 11 is 0. The van der Waals surface area contributed by atoms with Gasteiger partial charge in [-0.05, 0) is 54.8 Å². The summed E-state index contributed by atoms with van der Waals surface area (Å²) in [7, 11) is 2.99. The molecule has 1 amide bonds. The van der Waals surface area contributed by atoms with Crippen LogP contribution in [0.2, 0.25) is 0 Å². The number of ether oxygens (including phenoxy) is 4. The van der Waals surface area contributed by atoms with Gasteiger partial charge in [0.15, 0.2) is 17.3 Å². The van der Waals surface area contributed by atoms with E-state index in [1.807, 2.05) is 19.9 Å². The fraction of sp³-hybridized carbons (Fsp3) is 0.207. The number of ketones is 1. The second-order valence-corrected chi connectivity index (χ2v) is 9.08. The summed E-state index contributed by atoms with van der Waals surface area (Å²) in [5.41, 5.74) is 8.42. The van der Waals surface area contributed by atoms with Crippen LogP contribution in [0.5, 0.6) is 23.0 Å². The predicted molar refractivity (Wildman–Crippen MR) is 141 cm³/mol. The number of methoxy groups -OCH3 is 2. The Labute approximate surface area is 218 Å². The van der Waals surface area contributed by atoms with Gasteiger partial charge in [-0.15, -0.1) is 0 Å². The van der Waals surface area contributed by atoms with E-state index in [2.05, 4.69) is 0 Å². The average molecular weight is 515 g/mol. The van der Waals surface area contributed by atoms with Crippen molar-refractivity contribution < 1.29 is 28.5 Å². The zero-order valence-corrected chi connectivity index (χ0v) is 21.4. The molecule has 1 unspecified atom stereocenters. The summed E-state index contributed by atoms with van der Waals surface area (Å²) in [5.74, 6) is 0.478. The Hall–Kier alpha value is -4.79. The van der Waals surface area contributed by atoms with Gasteiger partial charge in [0.2, 0.25) is 18.1 Å². The zero-order chi connectivity index (χ0) is 27.1. The van der Waals surface area contributed by atoms with Crippen molar-refractivity contribution >= 4 is 22.6 Å². The number of carbonyl (C=O) groups is 2. The Bertz CT molecular complexity index is 1650. The van der Waals surface area contributed by atoms with Gasteiger partial charge in [0.25, 0.3) is 0 Å². The predicted octanol–water partition coefficient (Wildman–Crippen LogP) is 3.67. The number of pyridine rings is 1. The monoisotopic (exact) mass is 514 g/mol. The lowest BCUT2D eigenvalue weighted by Crippen LogP contribution is -2.30. The van der Waals surface area contributed by atoms with E-state index in [1.54, 1.807) is 36.4 Å². The normalized spacial score (nSPS) is 12.8. The Kier molecular flexibility index (Phi) is 6.28. The van der Waals surface area contributed by atoms with E-state index in [0.29, 0.717) is 39.6 Å². The molecule has 0 saturated carbocycles. The van der Waals surface area contributed by atoms with Gasteiger partial charge >= 0.3 is 0 Å². The maximum absolute atomic E-state index is 13.7. The molecule has 0 radical (unpaired) electrons. The third-order valence-electron chi connectivity index (χ3n) is 6.78. The number of aromatic nitrogens is 1. The quantitative estimate of drug-likeness (QED) is 0.374. The molecule has 2 N–H and O–H groups in total. The van der Waals surface area contributed by atoms with E-state index in [1.165, 1.54) is 31.0 Å². The number of aryl methyl sites for hydroxylation is 2. The van der Waals surface area contributed by atoms with Crippen molar-refractivity contribution in [1.82, 2.24) is 4.57 Å². The Morgan fingerprint density at radius 2 is 1.58 bits per heavy atom. The first-order valence-corrected chi connectivity index (χ1v) is 11.8. The molecule has 0 saturated heterocycles. The molecule has 38 heavy (non-hydrogen) atoms. The summed E-state index contributed by atoms with van der Waals surface area (Å²) in [6, 6.07) is 12.2. The molecule has 9 nitrogen and oxygen atoms in total. The minimum absolute atomic E-state index is 0.0133. The van der Waals surface area contributed by atoms with E-state index in [9.17, 15) is 14.4 Å². The fourth-order valence-electron chi connectivity index (χ4n) is 4.60. The van der Waals surface area contributed by atoms with Gasteiger partial charge in [0, 0.05) is 23.9 Å². The molecule has 1 aliphatic rings. The summed E-state index contributed by atoms with van der Waals surface area (Å²) in [6.07, 6.45) is 1.38. The van der Waals surface area contributed by atoms with Crippen LogP contribution in [0.25, 0.3) is 10.9 Å². The minimum Gasteiger partial charge on any atom is -0.497 e. The lowest BCUT2D eigenvalue weighted by atomic mass is 9.97. The van der Waals surface area contributed by atoms with Crippen molar-refractivity contribution in [2.24, 2.45) is 5.73 Å². The van der Waals surface area contributed by atoms with Gasteiger partial charge in [0.05, 0.1) is 30.7 Å². The highest BCUT2D eigenvalue weighted by atomic mass is 16.7. The molecule has 4 aromatic rings. The Balaban J connectivity index is 1.81. The SMILES string of the molecule is COc1cc(OC)cc(C(C(N)=O)n2cc(C(=O)c3ccc(C)c(C)c3)c(=O)c3cc4c(cc32)OCO4)c1. The molecule has 5 rings (SSSR count). The molecule has 1 aliphatic heterocycles. The minimum atomic E-state index is -1.12. The van der Waals surface area contributed by atoms with Gasteiger partial charge in [-0.3, -0.25) is 14.4 Å². The number of fused-ring (bicyclic) bond motifs is 2. The number of rotatable bonds is 7. The van der Waals surface area contributed by atoms with Gasteiger partial charge in [-0.25, -0.2) is 0 Å². The number of amides is 1. The van der Waals surface area contributed by atoms with Gasteiger partial charge in [-0.2, -0.15) is 0 Å². The van der Waals surface area contributed by atoms with E-state index < -0.39 is 23.2 Å². The highest BCUT2D eigenvalue weighted by Gasteiger charge is 2.28. The van der Waals surface area contributed by atoms with Crippen LogP contribution in [-0.4, -0.2) is 37.3 Å². The van der Waals surface area contributed by atoms with E-state index in [-0.39, 0.29) is 17.7 Å². The van der Waals surface area contributed by atoms with Gasteiger partial charge in [-0.1, -0.05) is 12.1 Å². The number of benzene rings is 3. The summed E-state index contributed by atoms with van der Waals surface area (Å²) in [4.78, 5) is 40.4. The maximum atomic E-state index is 13.7. The molecule has 0 aliphatic carbocycles. The largest absolute Gasteiger partial charge is 0.497 e. The maximum Gasteiger partial charge on any atom is 0.245 e. The van der Waals surface area contributed by atoms with Crippen LogP contribution in [0.4, 0.5) is 0 Å². The van der Waals surface area contributed by atoms with Gasteiger partial charge < -0.3 is 29.2 Å². The molecule has 9 heteroatoms. The lowest BCUT2D eigenvalue weighted by Gasteiger charge is -2.22. The standard InChI is InChI=1S/C29H26N2O7/c1-15-5-6-17(7-16(15)2)27(32)22-13-31(23-12-25-24(37-14-38-25)11-21(23)28(22)33)26(29(30)34)18-8-19(35-3)10-20(9-18)36-4/h5-13,26H,14H2,1-4H3,(H2,30,34). The third-order valence-corrected chi connectivity index (χ3v) is 6.78. The van der Waals surface area contributed by atoms with E-state index >= 15 is 0 Å². The molecule has 0 fully saturated rings. The van der Waals surface area contributed by atoms with Crippen LogP contribution >= 0.6 is 0 Å². The summed E-state index contributed by atoms with van der Waals surface area (Å²) < 4.78 is 23.3. The second-order valence-electron chi connectivity index (χ2n) is 9.08. The van der Waals surface area contributed by atoms with Gasteiger partial charge in [0.1, 0.15) is 17.5 Å². The molecular weight excluding hydrogens is 488 g/mol. The molecule has 2 heterocycles.